The number of carbonyl (C=O) groups is 2. The smallest absolute Gasteiger partial charge is 0.342 e. The van der Waals surface area contributed by atoms with Crippen LogP contribution in [0, 0.1) is 0 Å². The lowest BCUT2D eigenvalue weighted by molar-refractivity contribution is 0.0695. The molecule has 9 heteroatoms. The number of hydrogen-bond donors (Lipinski definition) is 5. The highest BCUT2D eigenvalue weighted by molar-refractivity contribution is 6.07. The molecular weight excluding hydrogens is 328 g/mol. The molecule has 0 fully saturated rings. The monoisotopic (exact) mass is 340 g/mol. The average molecular weight is 340 g/mol. The molecule has 1 aromatic carbocycles. The third-order valence-corrected chi connectivity index (χ3v) is 3.63. The maximum atomic E-state index is 12.0. The molecule has 0 aliphatic carbocycles. The molecular formula is C16H12N4O5. The zero-order valence-corrected chi connectivity index (χ0v) is 12.6. The van der Waals surface area contributed by atoms with Gasteiger partial charge in [0, 0.05) is 11.1 Å². The summed E-state index contributed by atoms with van der Waals surface area (Å²) in [5.74, 6) is -3.41. The van der Waals surface area contributed by atoms with Gasteiger partial charge < -0.3 is 25.9 Å². The molecule has 0 atom stereocenters. The lowest BCUT2D eigenvalue weighted by Gasteiger charge is -2.12. The van der Waals surface area contributed by atoms with Crippen molar-refractivity contribution in [3.8, 4) is 22.4 Å². The average Bonchev–Trinajstić information content (AvgIpc) is 3.07. The topological polar surface area (TPSA) is 162 Å². The van der Waals surface area contributed by atoms with E-state index in [-0.39, 0.29) is 11.1 Å². The second-order valence-electron chi connectivity index (χ2n) is 5.15. The number of aromatic nitrogens is 3. The molecule has 2 heterocycles. The van der Waals surface area contributed by atoms with Gasteiger partial charge in [-0.1, -0.05) is 18.2 Å². The van der Waals surface area contributed by atoms with Gasteiger partial charge in [0.25, 0.3) is 5.56 Å². The summed E-state index contributed by atoms with van der Waals surface area (Å²) in [6, 6.07) is 6.40. The number of carboxylic acid groups (broad SMARTS) is 2. The van der Waals surface area contributed by atoms with E-state index >= 15 is 0 Å². The molecule has 0 radical (unpaired) electrons. The molecule has 0 spiro atoms. The summed E-state index contributed by atoms with van der Waals surface area (Å²) in [6.07, 6.45) is 3.03. The van der Waals surface area contributed by atoms with Crippen LogP contribution in [0.4, 0.5) is 5.82 Å². The van der Waals surface area contributed by atoms with Crippen molar-refractivity contribution in [1.82, 2.24) is 15.0 Å². The van der Waals surface area contributed by atoms with Crippen molar-refractivity contribution in [2.75, 3.05) is 5.73 Å². The fourth-order valence-electron chi connectivity index (χ4n) is 2.59. The largest absolute Gasteiger partial charge is 0.478 e. The van der Waals surface area contributed by atoms with Gasteiger partial charge in [0.15, 0.2) is 0 Å². The van der Waals surface area contributed by atoms with Gasteiger partial charge in [-0.05, 0) is 11.6 Å². The van der Waals surface area contributed by atoms with Crippen molar-refractivity contribution in [2.24, 2.45) is 0 Å². The van der Waals surface area contributed by atoms with Crippen molar-refractivity contribution in [2.45, 2.75) is 0 Å². The molecule has 0 saturated heterocycles. The number of nitrogens with two attached hydrogens (primary N) is 1. The van der Waals surface area contributed by atoms with Crippen LogP contribution in [-0.4, -0.2) is 37.1 Å². The fraction of sp³-hybridized carbons (Fsp3) is 0. The number of aromatic carboxylic acids is 2. The lowest BCUT2D eigenvalue weighted by Crippen LogP contribution is -2.24. The summed E-state index contributed by atoms with van der Waals surface area (Å²) in [7, 11) is 0. The van der Waals surface area contributed by atoms with Crippen LogP contribution in [-0.2, 0) is 0 Å². The minimum Gasteiger partial charge on any atom is -0.478 e. The first-order valence-corrected chi connectivity index (χ1v) is 7.01. The Hall–Kier alpha value is -3.88. The molecule has 126 valence electrons. The van der Waals surface area contributed by atoms with E-state index in [1.807, 2.05) is 0 Å². The van der Waals surface area contributed by atoms with Gasteiger partial charge in [0.1, 0.15) is 16.9 Å². The Labute approximate surface area is 139 Å². The van der Waals surface area contributed by atoms with Gasteiger partial charge in [-0.3, -0.25) is 4.79 Å². The van der Waals surface area contributed by atoms with Crippen LogP contribution in [0.3, 0.4) is 0 Å². The van der Waals surface area contributed by atoms with Crippen LogP contribution < -0.4 is 11.3 Å². The van der Waals surface area contributed by atoms with Gasteiger partial charge in [-0.25, -0.2) is 14.6 Å². The standard InChI is InChI=1S/C16H12N4O5/c17-13-11(15(22)23)10(12(16(24)25)14(21)20-13)8-3-1-2-7(4-8)9-5-18-6-19-9/h1-6H,(H,18,19)(H,22,23)(H,24,25)(H3,17,20,21). The summed E-state index contributed by atoms with van der Waals surface area (Å²) < 4.78 is 0. The van der Waals surface area contributed by atoms with Gasteiger partial charge >= 0.3 is 11.9 Å². The van der Waals surface area contributed by atoms with Crippen molar-refractivity contribution >= 4 is 17.8 Å². The molecule has 0 aliphatic rings. The van der Waals surface area contributed by atoms with Crippen LogP contribution in [0.25, 0.3) is 22.4 Å². The second-order valence-corrected chi connectivity index (χ2v) is 5.15. The first-order chi connectivity index (χ1) is 11.9. The number of aromatic amines is 2. The number of nitrogens with zero attached hydrogens (tertiary/aromatic N) is 1. The van der Waals surface area contributed by atoms with Crippen molar-refractivity contribution in [1.29, 1.82) is 0 Å². The number of nitrogen functional groups attached to an aromatic ring is 1. The number of H-pyrrole nitrogens is 2. The van der Waals surface area contributed by atoms with Gasteiger partial charge in [0.05, 0.1) is 18.2 Å². The number of nitrogens with one attached hydrogen (secondary N) is 2. The van der Waals surface area contributed by atoms with Gasteiger partial charge in [-0.2, -0.15) is 0 Å². The van der Waals surface area contributed by atoms with Crippen molar-refractivity contribution < 1.29 is 19.8 Å². The molecule has 0 unspecified atom stereocenters. The molecule has 0 aliphatic heterocycles. The first kappa shape index (κ1) is 16.0. The predicted octanol–water partition coefficient (Wildman–Crippen LogP) is 1.41. The summed E-state index contributed by atoms with van der Waals surface area (Å²) >= 11 is 0. The van der Waals surface area contributed by atoms with Crippen molar-refractivity contribution in [3.63, 3.8) is 0 Å². The van der Waals surface area contributed by atoms with E-state index in [2.05, 4.69) is 15.0 Å². The highest BCUT2D eigenvalue weighted by Gasteiger charge is 2.26. The molecule has 25 heavy (non-hydrogen) atoms. The highest BCUT2D eigenvalue weighted by atomic mass is 16.4. The van der Waals surface area contributed by atoms with Crippen LogP contribution in [0.5, 0.6) is 0 Å². The summed E-state index contributed by atoms with van der Waals surface area (Å²) in [5, 5.41) is 18.8. The fourth-order valence-corrected chi connectivity index (χ4v) is 2.59. The minimum absolute atomic E-state index is 0.236. The second kappa shape index (κ2) is 5.96. The van der Waals surface area contributed by atoms with E-state index in [1.165, 1.54) is 12.4 Å². The minimum atomic E-state index is -1.55. The molecule has 6 N–H and O–H groups in total. The number of benzene rings is 1. The molecule has 0 amide bonds. The third-order valence-electron chi connectivity index (χ3n) is 3.63. The third kappa shape index (κ3) is 2.74. The number of anilines is 1. The van der Waals surface area contributed by atoms with Crippen LogP contribution >= 0.6 is 0 Å². The lowest BCUT2D eigenvalue weighted by atomic mass is 9.94. The van der Waals surface area contributed by atoms with Gasteiger partial charge in [0.2, 0.25) is 0 Å². The zero-order chi connectivity index (χ0) is 18.1. The number of rotatable bonds is 4. The zero-order valence-electron chi connectivity index (χ0n) is 12.6. The molecule has 2 aromatic heterocycles. The number of imidazole rings is 1. The maximum absolute atomic E-state index is 12.0. The molecule has 9 nitrogen and oxygen atoms in total. The van der Waals surface area contributed by atoms with E-state index in [1.54, 1.807) is 24.4 Å². The number of pyridine rings is 1. The summed E-state index contributed by atoms with van der Waals surface area (Å²) in [5.41, 5.74) is 4.76. The van der Waals surface area contributed by atoms with Crippen LogP contribution in [0.1, 0.15) is 20.7 Å². The first-order valence-electron chi connectivity index (χ1n) is 7.01. The maximum Gasteiger partial charge on any atom is 0.342 e. The van der Waals surface area contributed by atoms with E-state index in [9.17, 15) is 24.6 Å². The number of carboxylic acids is 2. The highest BCUT2D eigenvalue weighted by Crippen LogP contribution is 2.31. The number of hydrogen-bond acceptors (Lipinski definition) is 5. The van der Waals surface area contributed by atoms with Crippen molar-refractivity contribution in [3.05, 3.63) is 58.3 Å². The Kier molecular flexibility index (Phi) is 3.82. The molecule has 3 rings (SSSR count). The summed E-state index contributed by atoms with van der Waals surface area (Å²) in [4.78, 5) is 44.1. The van der Waals surface area contributed by atoms with E-state index in [0.29, 0.717) is 11.3 Å². The Bertz CT molecular complexity index is 1040. The molecule has 0 saturated carbocycles. The Balaban J connectivity index is 2.37. The SMILES string of the molecule is Nc1[nH]c(=O)c(C(=O)O)c(-c2cccc(-c3cnc[nH]3)c2)c1C(=O)O. The molecule has 3 aromatic rings. The van der Waals surface area contributed by atoms with Gasteiger partial charge in [-0.15, -0.1) is 0 Å². The van der Waals surface area contributed by atoms with E-state index < -0.39 is 34.4 Å². The quantitative estimate of drug-likeness (QED) is 0.479. The predicted molar refractivity (Wildman–Crippen MR) is 88.4 cm³/mol. The Morgan fingerprint density at radius 1 is 1.08 bits per heavy atom. The Morgan fingerprint density at radius 2 is 1.76 bits per heavy atom. The Morgan fingerprint density at radius 3 is 2.36 bits per heavy atom. The normalized spacial score (nSPS) is 10.6. The molecule has 0 bridgehead atoms. The summed E-state index contributed by atoms with van der Waals surface area (Å²) in [6.45, 7) is 0. The van der Waals surface area contributed by atoms with Crippen LogP contribution in [0.2, 0.25) is 0 Å². The van der Waals surface area contributed by atoms with Crippen LogP contribution in [0.15, 0.2) is 41.6 Å². The van der Waals surface area contributed by atoms with E-state index in [0.717, 1.165) is 0 Å². The van der Waals surface area contributed by atoms with E-state index in [4.69, 9.17) is 5.73 Å².